The van der Waals surface area contributed by atoms with Gasteiger partial charge in [0.2, 0.25) is 0 Å². The minimum Gasteiger partial charge on any atom is -0.383 e. The second kappa shape index (κ2) is 6.89. The quantitative estimate of drug-likeness (QED) is 0.805. The Labute approximate surface area is 104 Å². The Bertz CT molecular complexity index is 339. The summed E-state index contributed by atoms with van der Waals surface area (Å²) in [4.78, 5) is 3.83. The highest BCUT2D eigenvalue weighted by Gasteiger charge is 2.06. The van der Waals surface area contributed by atoms with Crippen LogP contribution in [0.5, 0.6) is 0 Å². The zero-order chi connectivity index (χ0) is 12.0. The third-order valence-electron chi connectivity index (χ3n) is 1.91. The Hall–Kier alpha value is -0.580. The topological polar surface area (TPSA) is 34.1 Å². The van der Waals surface area contributed by atoms with Crippen molar-refractivity contribution in [1.82, 2.24) is 4.98 Å². The normalized spacial score (nSPS) is 12.5. The molecular weight excluding hydrogens is 254 g/mol. The van der Waals surface area contributed by atoms with Gasteiger partial charge < -0.3 is 10.1 Å². The summed E-state index contributed by atoms with van der Waals surface area (Å²) >= 11 is 11.5. The van der Waals surface area contributed by atoms with Crippen LogP contribution in [0.15, 0.2) is 12.3 Å². The van der Waals surface area contributed by atoms with E-state index in [1.54, 1.807) is 7.11 Å². The van der Waals surface area contributed by atoms with Crippen LogP contribution in [0.2, 0.25) is 5.02 Å². The van der Waals surface area contributed by atoms with Crippen LogP contribution in [0, 0.1) is 5.82 Å². The van der Waals surface area contributed by atoms with Gasteiger partial charge in [0.25, 0.3) is 0 Å². The van der Waals surface area contributed by atoms with E-state index in [0.29, 0.717) is 19.6 Å². The highest BCUT2D eigenvalue weighted by Crippen LogP contribution is 2.15. The summed E-state index contributed by atoms with van der Waals surface area (Å²) in [5.74, 6) is -0.281. The minimum atomic E-state index is -0.467. The number of nitrogens with zero attached hydrogens (tertiary/aromatic N) is 1. The smallest absolute Gasteiger partial charge is 0.166 e. The Morgan fingerprint density at radius 1 is 1.62 bits per heavy atom. The minimum absolute atomic E-state index is 0.0899. The summed E-state index contributed by atoms with van der Waals surface area (Å²) in [6.45, 7) is 1.00. The molecule has 1 N–H and O–H groups in total. The summed E-state index contributed by atoms with van der Waals surface area (Å²) in [5, 5.41) is 3.03. The van der Waals surface area contributed by atoms with Crippen molar-refractivity contribution < 1.29 is 9.13 Å². The van der Waals surface area contributed by atoms with E-state index in [9.17, 15) is 4.39 Å². The largest absolute Gasteiger partial charge is 0.383 e. The van der Waals surface area contributed by atoms with E-state index in [0.717, 1.165) is 0 Å². The van der Waals surface area contributed by atoms with Gasteiger partial charge in [-0.1, -0.05) is 11.6 Å². The van der Waals surface area contributed by atoms with Crippen molar-refractivity contribution >= 4 is 29.0 Å². The van der Waals surface area contributed by atoms with Gasteiger partial charge in [0.05, 0.1) is 17.0 Å². The number of hydrogen-bond acceptors (Lipinski definition) is 3. The molecule has 1 rings (SSSR count). The Kier molecular flexibility index (Phi) is 5.80. The summed E-state index contributed by atoms with van der Waals surface area (Å²) in [6.07, 6.45) is 2.06. The predicted molar refractivity (Wildman–Crippen MR) is 63.8 cm³/mol. The molecule has 1 aromatic heterocycles. The molecule has 0 saturated heterocycles. The monoisotopic (exact) mass is 266 g/mol. The van der Waals surface area contributed by atoms with Crippen LogP contribution < -0.4 is 5.32 Å². The second-order valence-electron chi connectivity index (χ2n) is 3.25. The van der Waals surface area contributed by atoms with E-state index in [1.807, 2.05) is 0 Å². The van der Waals surface area contributed by atoms with E-state index in [4.69, 9.17) is 27.9 Å². The number of rotatable bonds is 6. The van der Waals surface area contributed by atoms with Gasteiger partial charge in [-0.2, -0.15) is 0 Å². The average molecular weight is 267 g/mol. The van der Waals surface area contributed by atoms with Crippen LogP contribution in [0.4, 0.5) is 10.2 Å². The van der Waals surface area contributed by atoms with Crippen molar-refractivity contribution in [2.75, 3.05) is 25.6 Å². The maximum atomic E-state index is 13.3. The lowest BCUT2D eigenvalue weighted by atomic mass is 10.3. The van der Waals surface area contributed by atoms with Crippen LogP contribution >= 0.6 is 23.2 Å². The molecule has 1 atom stereocenters. The summed E-state index contributed by atoms with van der Waals surface area (Å²) in [5.41, 5.74) is 0. The van der Waals surface area contributed by atoms with Gasteiger partial charge in [-0.05, 0) is 12.5 Å². The van der Waals surface area contributed by atoms with Gasteiger partial charge in [-0.3, -0.25) is 0 Å². The van der Waals surface area contributed by atoms with Crippen LogP contribution in [0.1, 0.15) is 6.42 Å². The average Bonchev–Trinajstić information content (AvgIpc) is 2.22. The molecule has 0 fully saturated rings. The first-order chi connectivity index (χ1) is 7.63. The number of nitrogens with one attached hydrogen (secondary N) is 1. The van der Waals surface area contributed by atoms with E-state index >= 15 is 0 Å². The molecule has 0 aliphatic rings. The van der Waals surface area contributed by atoms with Gasteiger partial charge >= 0.3 is 0 Å². The fourth-order valence-corrected chi connectivity index (χ4v) is 1.54. The second-order valence-corrected chi connectivity index (χ2v) is 4.31. The summed E-state index contributed by atoms with van der Waals surface area (Å²) < 4.78 is 18.1. The van der Waals surface area contributed by atoms with Crippen molar-refractivity contribution in [2.45, 2.75) is 11.8 Å². The molecule has 0 aromatic carbocycles. The standard InChI is InChI=1S/C10H13Cl2FN2O/c1-16-6-7(11)2-3-14-10-9(13)4-8(12)5-15-10/h4-5,7H,2-3,6H2,1H3,(H,14,15). The molecule has 0 amide bonds. The van der Waals surface area contributed by atoms with Gasteiger partial charge in [0.15, 0.2) is 11.6 Å². The molecule has 1 aromatic rings. The molecule has 1 heterocycles. The lowest BCUT2D eigenvalue weighted by Crippen LogP contribution is -2.14. The molecule has 0 radical (unpaired) electrons. The highest BCUT2D eigenvalue weighted by atomic mass is 35.5. The number of hydrogen-bond donors (Lipinski definition) is 1. The first-order valence-corrected chi connectivity index (χ1v) is 5.63. The molecule has 0 spiro atoms. The molecule has 0 aliphatic carbocycles. The maximum Gasteiger partial charge on any atom is 0.166 e. The molecular formula is C10H13Cl2FN2O. The molecule has 0 saturated carbocycles. The predicted octanol–water partition coefficient (Wildman–Crippen LogP) is 2.93. The first kappa shape index (κ1) is 13.5. The number of alkyl halides is 1. The Morgan fingerprint density at radius 3 is 3.00 bits per heavy atom. The zero-order valence-corrected chi connectivity index (χ0v) is 10.4. The third kappa shape index (κ3) is 4.51. The lowest BCUT2D eigenvalue weighted by Gasteiger charge is -2.10. The summed E-state index contributed by atoms with van der Waals surface area (Å²) in [6, 6.07) is 1.21. The van der Waals surface area contributed by atoms with E-state index in [-0.39, 0.29) is 16.2 Å². The van der Waals surface area contributed by atoms with Gasteiger partial charge in [0, 0.05) is 19.9 Å². The number of aromatic nitrogens is 1. The molecule has 0 aliphatic heterocycles. The van der Waals surface area contributed by atoms with Gasteiger partial charge in [-0.15, -0.1) is 11.6 Å². The van der Waals surface area contributed by atoms with E-state index in [1.165, 1.54) is 12.3 Å². The highest BCUT2D eigenvalue weighted by molar-refractivity contribution is 6.30. The van der Waals surface area contributed by atoms with Gasteiger partial charge in [0.1, 0.15) is 0 Å². The first-order valence-electron chi connectivity index (χ1n) is 4.81. The fraction of sp³-hybridized carbons (Fsp3) is 0.500. The van der Waals surface area contributed by atoms with Crippen molar-refractivity contribution in [1.29, 1.82) is 0 Å². The molecule has 1 unspecified atom stereocenters. The lowest BCUT2D eigenvalue weighted by molar-refractivity contribution is 0.196. The Morgan fingerprint density at radius 2 is 2.38 bits per heavy atom. The van der Waals surface area contributed by atoms with Crippen LogP contribution in [-0.2, 0) is 4.74 Å². The van der Waals surface area contributed by atoms with E-state index < -0.39 is 5.82 Å². The third-order valence-corrected chi connectivity index (χ3v) is 2.46. The Balaban J connectivity index is 2.37. The van der Waals surface area contributed by atoms with Crippen LogP contribution in [0.3, 0.4) is 0 Å². The van der Waals surface area contributed by atoms with E-state index in [2.05, 4.69) is 10.3 Å². The summed E-state index contributed by atoms with van der Waals surface area (Å²) in [7, 11) is 1.59. The van der Waals surface area contributed by atoms with Crippen molar-refractivity contribution in [3.63, 3.8) is 0 Å². The van der Waals surface area contributed by atoms with Crippen LogP contribution in [-0.4, -0.2) is 30.6 Å². The molecule has 16 heavy (non-hydrogen) atoms. The number of methoxy groups -OCH3 is 1. The van der Waals surface area contributed by atoms with Crippen LogP contribution in [0.25, 0.3) is 0 Å². The SMILES string of the molecule is COCC(Cl)CCNc1ncc(Cl)cc1F. The van der Waals surface area contributed by atoms with Gasteiger partial charge in [-0.25, -0.2) is 9.37 Å². The van der Waals surface area contributed by atoms with Crippen molar-refractivity contribution in [2.24, 2.45) is 0 Å². The number of anilines is 1. The number of halogens is 3. The number of ether oxygens (including phenoxy) is 1. The molecule has 3 nitrogen and oxygen atoms in total. The maximum absolute atomic E-state index is 13.3. The molecule has 6 heteroatoms. The van der Waals surface area contributed by atoms with Crippen molar-refractivity contribution in [3.05, 3.63) is 23.1 Å². The fourth-order valence-electron chi connectivity index (χ4n) is 1.16. The molecule has 90 valence electrons. The number of pyridine rings is 1. The zero-order valence-electron chi connectivity index (χ0n) is 8.84. The van der Waals surface area contributed by atoms with Crippen molar-refractivity contribution in [3.8, 4) is 0 Å². The molecule has 0 bridgehead atoms.